The van der Waals surface area contributed by atoms with Gasteiger partial charge < -0.3 is 19.7 Å². The van der Waals surface area contributed by atoms with Gasteiger partial charge in [-0.1, -0.05) is 13.8 Å². The summed E-state index contributed by atoms with van der Waals surface area (Å²) in [6.45, 7) is 11.8. The molecule has 0 aromatic rings. The molecular weight excluding hydrogens is 240 g/mol. The molecule has 2 fully saturated rings. The van der Waals surface area contributed by atoms with Crippen molar-refractivity contribution in [2.75, 3.05) is 53.1 Å². The Morgan fingerprint density at radius 3 is 2.95 bits per heavy atom. The third kappa shape index (κ3) is 4.42. The number of hydrogen-bond donors (Lipinski definition) is 1. The maximum atomic E-state index is 5.69. The fourth-order valence-corrected chi connectivity index (χ4v) is 3.29. The molecule has 0 saturated carbocycles. The highest BCUT2D eigenvalue weighted by Gasteiger charge is 2.38. The Morgan fingerprint density at radius 2 is 2.32 bits per heavy atom. The van der Waals surface area contributed by atoms with Gasteiger partial charge in [0.05, 0.1) is 13.2 Å². The standard InChI is InChI=1S/C15H30N2O2/c1-13(2)16-10-15(5-7-19-12-15)11-17-6-4-14(8-17)9-18-3/h13-14,16H,4-12H2,1-3H3. The smallest absolute Gasteiger partial charge is 0.0547 e. The zero-order chi connectivity index (χ0) is 13.7. The average Bonchev–Trinajstić information content (AvgIpc) is 2.99. The predicted octanol–water partition coefficient (Wildman–Crippen LogP) is 1.36. The Kier molecular flexibility index (Phi) is 5.63. The molecule has 2 atom stereocenters. The second-order valence-electron chi connectivity index (χ2n) is 6.68. The number of hydrogen-bond acceptors (Lipinski definition) is 4. The van der Waals surface area contributed by atoms with E-state index in [1.165, 1.54) is 32.5 Å². The van der Waals surface area contributed by atoms with E-state index >= 15 is 0 Å². The topological polar surface area (TPSA) is 33.7 Å². The van der Waals surface area contributed by atoms with Gasteiger partial charge in [0.2, 0.25) is 0 Å². The van der Waals surface area contributed by atoms with Crippen LogP contribution in [-0.2, 0) is 9.47 Å². The van der Waals surface area contributed by atoms with Gasteiger partial charge in [0.15, 0.2) is 0 Å². The fraction of sp³-hybridized carbons (Fsp3) is 1.00. The summed E-state index contributed by atoms with van der Waals surface area (Å²) in [7, 11) is 1.81. The van der Waals surface area contributed by atoms with Crippen LogP contribution in [0.4, 0.5) is 0 Å². The van der Waals surface area contributed by atoms with Crippen molar-refractivity contribution < 1.29 is 9.47 Å². The molecule has 0 amide bonds. The summed E-state index contributed by atoms with van der Waals surface area (Å²) in [6, 6.07) is 0.553. The van der Waals surface area contributed by atoms with Crippen LogP contribution in [0.5, 0.6) is 0 Å². The van der Waals surface area contributed by atoms with Crippen molar-refractivity contribution in [3.05, 3.63) is 0 Å². The van der Waals surface area contributed by atoms with Gasteiger partial charge >= 0.3 is 0 Å². The van der Waals surface area contributed by atoms with E-state index in [0.29, 0.717) is 11.5 Å². The summed E-state index contributed by atoms with van der Waals surface area (Å²) in [5.41, 5.74) is 0.326. The van der Waals surface area contributed by atoms with Crippen LogP contribution in [-0.4, -0.2) is 64.1 Å². The zero-order valence-corrected chi connectivity index (χ0v) is 12.8. The van der Waals surface area contributed by atoms with Gasteiger partial charge in [0, 0.05) is 44.8 Å². The molecule has 2 unspecified atom stereocenters. The first-order valence-electron chi connectivity index (χ1n) is 7.66. The average molecular weight is 270 g/mol. The lowest BCUT2D eigenvalue weighted by molar-refractivity contribution is 0.109. The quantitative estimate of drug-likeness (QED) is 0.757. The van der Waals surface area contributed by atoms with E-state index < -0.39 is 0 Å². The van der Waals surface area contributed by atoms with E-state index in [1.54, 1.807) is 0 Å². The van der Waals surface area contributed by atoms with Crippen LogP contribution in [0.25, 0.3) is 0 Å². The number of nitrogens with one attached hydrogen (secondary N) is 1. The van der Waals surface area contributed by atoms with E-state index in [2.05, 4.69) is 24.1 Å². The van der Waals surface area contributed by atoms with E-state index in [1.807, 2.05) is 7.11 Å². The largest absolute Gasteiger partial charge is 0.384 e. The molecule has 112 valence electrons. The fourth-order valence-electron chi connectivity index (χ4n) is 3.29. The monoisotopic (exact) mass is 270 g/mol. The lowest BCUT2D eigenvalue weighted by atomic mass is 9.86. The summed E-state index contributed by atoms with van der Waals surface area (Å²) in [6.07, 6.45) is 2.47. The highest BCUT2D eigenvalue weighted by Crippen LogP contribution is 2.31. The first-order chi connectivity index (χ1) is 9.13. The summed E-state index contributed by atoms with van der Waals surface area (Å²) >= 11 is 0. The minimum atomic E-state index is 0.326. The predicted molar refractivity (Wildman–Crippen MR) is 77.4 cm³/mol. The van der Waals surface area contributed by atoms with Gasteiger partial charge in [0.1, 0.15) is 0 Å². The number of nitrogens with zero attached hydrogens (tertiary/aromatic N) is 1. The third-order valence-corrected chi connectivity index (χ3v) is 4.40. The normalized spacial score (nSPS) is 32.5. The first-order valence-corrected chi connectivity index (χ1v) is 7.66. The minimum absolute atomic E-state index is 0.326. The summed E-state index contributed by atoms with van der Waals surface area (Å²) < 4.78 is 11.0. The molecule has 4 nitrogen and oxygen atoms in total. The first kappa shape index (κ1) is 15.2. The molecule has 2 aliphatic heterocycles. The molecule has 0 aliphatic carbocycles. The number of ether oxygens (including phenoxy) is 2. The maximum Gasteiger partial charge on any atom is 0.0547 e. The molecule has 0 radical (unpaired) electrons. The van der Waals surface area contributed by atoms with Crippen LogP contribution >= 0.6 is 0 Å². The van der Waals surface area contributed by atoms with Crippen molar-refractivity contribution in [2.45, 2.75) is 32.7 Å². The van der Waals surface area contributed by atoms with Crippen LogP contribution in [0.1, 0.15) is 26.7 Å². The Balaban J connectivity index is 1.83. The van der Waals surface area contributed by atoms with Gasteiger partial charge in [-0.05, 0) is 25.3 Å². The molecule has 0 spiro atoms. The second-order valence-corrected chi connectivity index (χ2v) is 6.68. The van der Waals surface area contributed by atoms with Crippen molar-refractivity contribution in [1.82, 2.24) is 10.2 Å². The molecule has 19 heavy (non-hydrogen) atoms. The van der Waals surface area contributed by atoms with Crippen molar-refractivity contribution in [2.24, 2.45) is 11.3 Å². The molecule has 2 rings (SSSR count). The Morgan fingerprint density at radius 1 is 1.47 bits per heavy atom. The van der Waals surface area contributed by atoms with Gasteiger partial charge in [0.25, 0.3) is 0 Å². The van der Waals surface area contributed by atoms with Crippen molar-refractivity contribution >= 4 is 0 Å². The zero-order valence-electron chi connectivity index (χ0n) is 12.8. The molecule has 2 aliphatic rings. The summed E-state index contributed by atoms with van der Waals surface area (Å²) in [4.78, 5) is 2.61. The van der Waals surface area contributed by atoms with E-state index in [0.717, 1.165) is 32.3 Å². The summed E-state index contributed by atoms with van der Waals surface area (Å²) in [5.74, 6) is 0.724. The third-order valence-electron chi connectivity index (χ3n) is 4.40. The highest BCUT2D eigenvalue weighted by atomic mass is 16.5. The number of rotatable bonds is 7. The molecule has 2 saturated heterocycles. The highest BCUT2D eigenvalue weighted by molar-refractivity contribution is 4.91. The van der Waals surface area contributed by atoms with Crippen LogP contribution in [0.15, 0.2) is 0 Å². The number of methoxy groups -OCH3 is 1. The Hall–Kier alpha value is -0.160. The van der Waals surface area contributed by atoms with Crippen molar-refractivity contribution in [3.63, 3.8) is 0 Å². The maximum absolute atomic E-state index is 5.69. The van der Waals surface area contributed by atoms with Crippen molar-refractivity contribution in [1.29, 1.82) is 0 Å². The second kappa shape index (κ2) is 7.02. The van der Waals surface area contributed by atoms with Gasteiger partial charge in [-0.25, -0.2) is 0 Å². The van der Waals surface area contributed by atoms with Crippen LogP contribution in [0.3, 0.4) is 0 Å². The molecular formula is C15H30N2O2. The SMILES string of the molecule is COCC1CCN(CC2(CNC(C)C)CCOC2)C1. The Bertz CT molecular complexity index is 265. The van der Waals surface area contributed by atoms with Crippen LogP contribution < -0.4 is 5.32 Å². The van der Waals surface area contributed by atoms with Gasteiger partial charge in [-0.2, -0.15) is 0 Å². The van der Waals surface area contributed by atoms with Gasteiger partial charge in [-0.15, -0.1) is 0 Å². The molecule has 2 heterocycles. The Labute approximate surface area is 117 Å². The molecule has 0 bridgehead atoms. The van der Waals surface area contributed by atoms with Gasteiger partial charge in [-0.3, -0.25) is 0 Å². The molecule has 0 aromatic heterocycles. The van der Waals surface area contributed by atoms with Crippen LogP contribution in [0, 0.1) is 11.3 Å². The minimum Gasteiger partial charge on any atom is -0.384 e. The number of likely N-dealkylation sites (tertiary alicyclic amines) is 1. The molecule has 1 N–H and O–H groups in total. The molecule has 4 heteroatoms. The van der Waals surface area contributed by atoms with E-state index in [9.17, 15) is 0 Å². The van der Waals surface area contributed by atoms with Crippen LogP contribution in [0.2, 0.25) is 0 Å². The lowest BCUT2D eigenvalue weighted by Crippen LogP contribution is -2.45. The van der Waals surface area contributed by atoms with E-state index in [4.69, 9.17) is 9.47 Å². The van der Waals surface area contributed by atoms with E-state index in [-0.39, 0.29) is 0 Å². The van der Waals surface area contributed by atoms with Crippen molar-refractivity contribution in [3.8, 4) is 0 Å². The molecule has 0 aromatic carbocycles. The lowest BCUT2D eigenvalue weighted by Gasteiger charge is -2.33. The summed E-state index contributed by atoms with van der Waals surface area (Å²) in [5, 5.41) is 3.61.